The Morgan fingerprint density at radius 3 is 2.88 bits per heavy atom. The molecule has 0 bridgehead atoms. The molecule has 17 heavy (non-hydrogen) atoms. The first-order valence-corrected chi connectivity index (χ1v) is 6.64. The predicted octanol–water partition coefficient (Wildman–Crippen LogP) is 1.52. The monoisotopic (exact) mass is 226 g/mol. The molecular weight excluding hydrogens is 207 g/mol. The van der Waals surface area contributed by atoms with Crippen LogP contribution in [0.25, 0.3) is 0 Å². The van der Waals surface area contributed by atoms with Gasteiger partial charge in [-0.3, -0.25) is 0 Å². The van der Waals surface area contributed by atoms with Gasteiger partial charge in [-0.05, 0) is 68.0 Å². The lowest BCUT2D eigenvalue weighted by molar-refractivity contribution is 0.710. The van der Waals surface area contributed by atoms with Crippen molar-refractivity contribution in [2.24, 2.45) is 0 Å². The van der Waals surface area contributed by atoms with Gasteiger partial charge < -0.3 is 10.1 Å². The smallest absolute Gasteiger partial charge is 0.226 e. The second-order valence-electron chi connectivity index (χ2n) is 5.19. The fourth-order valence-corrected chi connectivity index (χ4v) is 3.27. The van der Waals surface area contributed by atoms with Gasteiger partial charge in [0.05, 0.1) is 0 Å². The minimum atomic E-state index is 0.991. The summed E-state index contributed by atoms with van der Waals surface area (Å²) < 4.78 is 0. The van der Waals surface area contributed by atoms with Crippen LogP contribution in [0.15, 0.2) is 6.07 Å². The third-order valence-corrected chi connectivity index (χ3v) is 4.10. The number of nitrogens with one attached hydrogen (secondary N) is 1. The summed E-state index contributed by atoms with van der Waals surface area (Å²) in [5.74, 6) is 0. The van der Waals surface area contributed by atoms with Gasteiger partial charge in [0.1, 0.15) is 0 Å². The minimum Gasteiger partial charge on any atom is -0.424 e. The van der Waals surface area contributed by atoms with Gasteiger partial charge >= 0.3 is 0 Å². The topological polar surface area (TPSA) is 15.3 Å². The molecule has 2 radical (unpaired) electrons. The molecule has 1 aromatic carbocycles. The molecule has 0 spiro atoms. The third-order valence-electron chi connectivity index (χ3n) is 4.10. The maximum Gasteiger partial charge on any atom is 0.226 e. The average molecular weight is 226 g/mol. The number of hydrogen-bond donors (Lipinski definition) is 1. The molecule has 2 heterocycles. The number of nitrogens with zero attached hydrogens (tertiary/aromatic N) is 1. The van der Waals surface area contributed by atoms with Crippen molar-refractivity contribution in [1.82, 2.24) is 5.32 Å². The summed E-state index contributed by atoms with van der Waals surface area (Å²) >= 11 is 0. The molecular formula is C14H19BN2. The van der Waals surface area contributed by atoms with Gasteiger partial charge in [0.25, 0.3) is 0 Å². The Kier molecular flexibility index (Phi) is 2.87. The van der Waals surface area contributed by atoms with Crippen LogP contribution in [-0.2, 0) is 19.3 Å². The number of fused-ring (bicyclic) bond motifs is 2. The van der Waals surface area contributed by atoms with Crippen molar-refractivity contribution < 1.29 is 0 Å². The summed E-state index contributed by atoms with van der Waals surface area (Å²) in [5, 5.41) is 3.48. The van der Waals surface area contributed by atoms with Crippen LogP contribution in [0.2, 0.25) is 0 Å². The Bertz CT molecular complexity index is 442. The maximum absolute atomic E-state index is 6.14. The van der Waals surface area contributed by atoms with Crippen LogP contribution in [0, 0.1) is 6.92 Å². The Morgan fingerprint density at radius 1 is 1.18 bits per heavy atom. The molecule has 3 heteroatoms. The van der Waals surface area contributed by atoms with E-state index < -0.39 is 0 Å². The molecule has 1 N–H and O–H groups in total. The summed E-state index contributed by atoms with van der Waals surface area (Å²) in [6.45, 7) is 5.44. The van der Waals surface area contributed by atoms with E-state index in [0.717, 1.165) is 32.5 Å². The zero-order valence-corrected chi connectivity index (χ0v) is 10.6. The normalized spacial score (nSPS) is 19.5. The number of anilines is 1. The highest BCUT2D eigenvalue weighted by atomic mass is 15.0. The van der Waals surface area contributed by atoms with Gasteiger partial charge in [-0.1, -0.05) is 6.07 Å². The maximum atomic E-state index is 6.14. The van der Waals surface area contributed by atoms with Gasteiger partial charge in [0, 0.05) is 12.2 Å². The first-order valence-electron chi connectivity index (χ1n) is 6.64. The van der Waals surface area contributed by atoms with Gasteiger partial charge in [0.15, 0.2) is 0 Å². The van der Waals surface area contributed by atoms with Gasteiger partial charge in [-0.25, -0.2) is 0 Å². The first kappa shape index (κ1) is 11.2. The lowest BCUT2D eigenvalue weighted by Gasteiger charge is -2.32. The number of hydrogen-bond acceptors (Lipinski definition) is 2. The molecule has 0 aliphatic carbocycles. The van der Waals surface area contributed by atoms with Crippen LogP contribution in [0.4, 0.5) is 5.69 Å². The van der Waals surface area contributed by atoms with E-state index in [1.807, 2.05) is 4.81 Å². The Morgan fingerprint density at radius 2 is 2.00 bits per heavy atom. The molecule has 2 aliphatic heterocycles. The lowest BCUT2D eigenvalue weighted by atomic mass is 9.88. The van der Waals surface area contributed by atoms with E-state index >= 15 is 0 Å². The molecule has 0 atom stereocenters. The van der Waals surface area contributed by atoms with Crippen molar-refractivity contribution in [2.45, 2.75) is 32.6 Å². The van der Waals surface area contributed by atoms with E-state index in [9.17, 15) is 0 Å². The van der Waals surface area contributed by atoms with Crippen molar-refractivity contribution in [2.75, 3.05) is 24.4 Å². The fraction of sp³-hybridized carbons (Fsp3) is 0.571. The largest absolute Gasteiger partial charge is 0.424 e. The predicted molar refractivity (Wildman–Crippen MR) is 72.9 cm³/mol. The van der Waals surface area contributed by atoms with E-state index in [2.05, 4.69) is 18.3 Å². The number of aryl methyl sites for hydroxylation is 1. The summed E-state index contributed by atoms with van der Waals surface area (Å²) in [5.41, 5.74) is 7.25. The molecule has 0 saturated carbocycles. The van der Waals surface area contributed by atoms with Crippen LogP contribution in [0.5, 0.6) is 0 Å². The molecule has 3 rings (SSSR count). The number of rotatable bonds is 0. The Balaban J connectivity index is 2.14. The first-order chi connectivity index (χ1) is 8.27. The van der Waals surface area contributed by atoms with Crippen molar-refractivity contribution in [3.63, 3.8) is 0 Å². The highest BCUT2D eigenvalue weighted by Gasteiger charge is 2.21. The van der Waals surface area contributed by atoms with Crippen LogP contribution in [0.1, 0.15) is 28.7 Å². The quantitative estimate of drug-likeness (QED) is 0.675. The van der Waals surface area contributed by atoms with E-state index in [1.165, 1.54) is 35.2 Å². The molecule has 2 aliphatic rings. The van der Waals surface area contributed by atoms with Gasteiger partial charge in [-0.2, -0.15) is 0 Å². The van der Waals surface area contributed by atoms with E-state index in [0.29, 0.717) is 0 Å². The average Bonchev–Trinajstić information content (AvgIpc) is 2.54. The summed E-state index contributed by atoms with van der Waals surface area (Å²) in [7, 11) is 6.14. The summed E-state index contributed by atoms with van der Waals surface area (Å²) in [6, 6.07) is 2.41. The third kappa shape index (κ3) is 1.87. The van der Waals surface area contributed by atoms with Crippen molar-refractivity contribution in [1.29, 1.82) is 0 Å². The fourth-order valence-electron chi connectivity index (χ4n) is 3.27. The lowest BCUT2D eigenvalue weighted by Crippen LogP contribution is -2.28. The summed E-state index contributed by atoms with van der Waals surface area (Å²) in [4.78, 5) is 1.95. The van der Waals surface area contributed by atoms with Gasteiger partial charge in [-0.15, -0.1) is 0 Å². The molecule has 2 nitrogen and oxygen atoms in total. The van der Waals surface area contributed by atoms with Crippen LogP contribution < -0.4 is 10.1 Å². The highest BCUT2D eigenvalue weighted by Crippen LogP contribution is 2.34. The van der Waals surface area contributed by atoms with Gasteiger partial charge in [0.2, 0.25) is 7.98 Å². The molecule has 0 saturated heterocycles. The standard InChI is InChI=1S/C14H19BN2/c1-10-13-5-7-16-6-4-11(13)9-12-3-2-8-17(15)14(10)12/h9,16H,2-8H2,1H3. The summed E-state index contributed by atoms with van der Waals surface area (Å²) in [6.07, 6.45) is 4.67. The Hall–Kier alpha value is -0.955. The van der Waals surface area contributed by atoms with E-state index in [-0.39, 0.29) is 0 Å². The number of benzene rings is 1. The van der Waals surface area contributed by atoms with E-state index in [1.54, 1.807) is 5.56 Å². The minimum absolute atomic E-state index is 0.991. The molecule has 1 aromatic rings. The zero-order valence-electron chi connectivity index (χ0n) is 10.6. The zero-order chi connectivity index (χ0) is 11.8. The van der Waals surface area contributed by atoms with Crippen LogP contribution >= 0.6 is 0 Å². The molecule has 0 fully saturated rings. The molecule has 88 valence electrons. The van der Waals surface area contributed by atoms with E-state index in [4.69, 9.17) is 7.98 Å². The SMILES string of the molecule is [B]N1CCCc2cc3c(c(C)c21)CCNCC3. The van der Waals surface area contributed by atoms with Crippen molar-refractivity contribution >= 4 is 13.7 Å². The molecule has 0 amide bonds. The second-order valence-corrected chi connectivity index (χ2v) is 5.19. The second kappa shape index (κ2) is 4.38. The van der Waals surface area contributed by atoms with Crippen molar-refractivity contribution in [3.05, 3.63) is 28.3 Å². The van der Waals surface area contributed by atoms with Crippen LogP contribution in [0.3, 0.4) is 0 Å². The van der Waals surface area contributed by atoms with Crippen LogP contribution in [-0.4, -0.2) is 27.6 Å². The highest BCUT2D eigenvalue weighted by molar-refractivity contribution is 6.18. The Labute approximate surface area is 105 Å². The van der Waals surface area contributed by atoms with Crippen molar-refractivity contribution in [3.8, 4) is 0 Å². The molecule has 0 unspecified atom stereocenters. The molecule has 0 aromatic heterocycles.